The Morgan fingerprint density at radius 1 is 0.697 bits per heavy atom. The van der Waals surface area contributed by atoms with Gasteiger partial charge in [-0.2, -0.15) is 0 Å². The van der Waals surface area contributed by atoms with E-state index in [2.05, 4.69) is 20.4 Å². The summed E-state index contributed by atoms with van der Waals surface area (Å²) in [5, 5.41) is 5.98. The molecule has 2 aromatic carbocycles. The lowest BCUT2D eigenvalue weighted by atomic mass is 10.2. The van der Waals surface area contributed by atoms with Gasteiger partial charge in [-0.1, -0.05) is 24.3 Å². The number of carbonyl (C=O) groups is 2. The van der Waals surface area contributed by atoms with Crippen molar-refractivity contribution in [3.05, 3.63) is 48.5 Å². The number of benzene rings is 2. The standard InChI is InChI=1S/C24H30N4O4S/c29-23(25-19-5-1-3-7-21(19)27-9-13-31-14-10-27)17-33-18-24(30)26-20-6-2-4-8-22(20)28-11-15-32-16-12-28/h1-8H,9-18H2,(H,25,29)(H,26,30). The van der Waals surface area contributed by atoms with Gasteiger partial charge in [-0.3, -0.25) is 9.59 Å². The van der Waals surface area contributed by atoms with Gasteiger partial charge in [0.1, 0.15) is 0 Å². The number of rotatable bonds is 8. The molecule has 2 amide bonds. The molecule has 0 unspecified atom stereocenters. The number of para-hydroxylation sites is 4. The van der Waals surface area contributed by atoms with Gasteiger partial charge >= 0.3 is 0 Å². The van der Waals surface area contributed by atoms with E-state index in [9.17, 15) is 9.59 Å². The fraction of sp³-hybridized carbons (Fsp3) is 0.417. The number of ether oxygens (including phenoxy) is 2. The van der Waals surface area contributed by atoms with E-state index in [1.165, 1.54) is 11.8 Å². The highest BCUT2D eigenvalue weighted by Crippen LogP contribution is 2.27. The molecule has 0 atom stereocenters. The molecular weight excluding hydrogens is 440 g/mol. The monoisotopic (exact) mass is 470 g/mol. The Labute approximate surface area is 198 Å². The van der Waals surface area contributed by atoms with E-state index in [0.29, 0.717) is 26.4 Å². The maximum Gasteiger partial charge on any atom is 0.234 e. The van der Waals surface area contributed by atoms with Gasteiger partial charge in [0.25, 0.3) is 0 Å². The van der Waals surface area contributed by atoms with Crippen molar-refractivity contribution in [3.8, 4) is 0 Å². The lowest BCUT2D eigenvalue weighted by molar-refractivity contribution is -0.114. The van der Waals surface area contributed by atoms with Crippen LogP contribution in [0.25, 0.3) is 0 Å². The number of anilines is 4. The van der Waals surface area contributed by atoms with Crippen LogP contribution in [-0.4, -0.2) is 75.9 Å². The van der Waals surface area contributed by atoms with Crippen LogP contribution in [0, 0.1) is 0 Å². The topological polar surface area (TPSA) is 83.1 Å². The molecule has 9 heteroatoms. The first-order chi connectivity index (χ1) is 16.2. The molecule has 2 fully saturated rings. The number of nitrogens with one attached hydrogen (secondary N) is 2. The molecule has 0 bridgehead atoms. The smallest absolute Gasteiger partial charge is 0.234 e. The number of carbonyl (C=O) groups excluding carboxylic acids is 2. The highest BCUT2D eigenvalue weighted by molar-refractivity contribution is 8.00. The predicted octanol–water partition coefficient (Wildman–Crippen LogP) is 2.67. The van der Waals surface area contributed by atoms with Gasteiger partial charge in [0.15, 0.2) is 0 Å². The maximum atomic E-state index is 12.5. The van der Waals surface area contributed by atoms with Crippen LogP contribution < -0.4 is 20.4 Å². The number of thioether (sulfide) groups is 1. The van der Waals surface area contributed by atoms with Crippen molar-refractivity contribution in [2.75, 3.05) is 84.5 Å². The van der Waals surface area contributed by atoms with Gasteiger partial charge in [-0.15, -0.1) is 11.8 Å². The van der Waals surface area contributed by atoms with Crippen LogP contribution in [0.15, 0.2) is 48.5 Å². The van der Waals surface area contributed by atoms with Crippen LogP contribution in [-0.2, 0) is 19.1 Å². The highest BCUT2D eigenvalue weighted by atomic mass is 32.2. The van der Waals surface area contributed by atoms with E-state index in [1.54, 1.807) is 0 Å². The summed E-state index contributed by atoms with van der Waals surface area (Å²) < 4.78 is 10.8. The van der Waals surface area contributed by atoms with Crippen molar-refractivity contribution in [3.63, 3.8) is 0 Å². The molecule has 0 aliphatic carbocycles. The van der Waals surface area contributed by atoms with Gasteiger partial charge in [0.05, 0.1) is 60.7 Å². The van der Waals surface area contributed by atoms with Crippen molar-refractivity contribution in [2.24, 2.45) is 0 Å². The van der Waals surface area contributed by atoms with E-state index in [1.807, 2.05) is 48.5 Å². The molecule has 2 saturated heterocycles. The SMILES string of the molecule is O=C(CSCC(=O)Nc1ccccc1N1CCOCC1)Nc1ccccc1N1CCOCC1. The van der Waals surface area contributed by atoms with E-state index in [4.69, 9.17) is 9.47 Å². The zero-order valence-corrected chi connectivity index (χ0v) is 19.4. The summed E-state index contributed by atoms with van der Waals surface area (Å²) in [6.45, 7) is 5.93. The average Bonchev–Trinajstić information content (AvgIpc) is 2.86. The number of nitrogens with zero attached hydrogens (tertiary/aromatic N) is 2. The van der Waals surface area contributed by atoms with Crippen molar-refractivity contribution < 1.29 is 19.1 Å². The van der Waals surface area contributed by atoms with Gasteiger partial charge in [-0.05, 0) is 24.3 Å². The first-order valence-corrected chi connectivity index (χ1v) is 12.4. The molecule has 2 N–H and O–H groups in total. The highest BCUT2D eigenvalue weighted by Gasteiger charge is 2.17. The Kier molecular flexibility index (Phi) is 8.46. The fourth-order valence-corrected chi connectivity index (χ4v) is 4.54. The van der Waals surface area contributed by atoms with Crippen molar-refractivity contribution >= 4 is 46.3 Å². The third kappa shape index (κ3) is 6.63. The Hall–Kier alpha value is -2.75. The van der Waals surface area contributed by atoms with Crippen LogP contribution in [0.4, 0.5) is 22.7 Å². The molecule has 2 heterocycles. The second-order valence-electron chi connectivity index (χ2n) is 7.82. The van der Waals surface area contributed by atoms with Gasteiger partial charge in [0, 0.05) is 26.2 Å². The van der Waals surface area contributed by atoms with E-state index in [0.717, 1.165) is 48.9 Å². The molecule has 2 aliphatic rings. The minimum atomic E-state index is -0.123. The minimum absolute atomic E-state index is 0.123. The summed E-state index contributed by atoms with van der Waals surface area (Å²) in [6.07, 6.45) is 0. The van der Waals surface area contributed by atoms with Crippen LogP contribution in [0.1, 0.15) is 0 Å². The largest absolute Gasteiger partial charge is 0.378 e. The Morgan fingerprint density at radius 3 is 1.52 bits per heavy atom. The zero-order valence-electron chi connectivity index (χ0n) is 18.6. The molecule has 0 saturated carbocycles. The van der Waals surface area contributed by atoms with Gasteiger partial charge in [0.2, 0.25) is 11.8 Å². The second-order valence-corrected chi connectivity index (χ2v) is 8.81. The summed E-state index contributed by atoms with van der Waals surface area (Å²) in [5.74, 6) is 0.163. The second kappa shape index (κ2) is 11.9. The maximum absolute atomic E-state index is 12.5. The summed E-state index contributed by atoms with van der Waals surface area (Å²) >= 11 is 1.30. The van der Waals surface area contributed by atoms with Crippen LogP contribution >= 0.6 is 11.8 Å². The van der Waals surface area contributed by atoms with Gasteiger partial charge in [-0.25, -0.2) is 0 Å². The normalized spacial score (nSPS) is 16.4. The fourth-order valence-electron chi connectivity index (χ4n) is 3.93. The summed E-state index contributed by atoms with van der Waals surface area (Å²) in [7, 11) is 0. The summed E-state index contributed by atoms with van der Waals surface area (Å²) in [4.78, 5) is 29.5. The molecule has 33 heavy (non-hydrogen) atoms. The number of morpholine rings is 2. The van der Waals surface area contributed by atoms with E-state index in [-0.39, 0.29) is 23.3 Å². The Bertz CT molecular complexity index is 870. The number of hydrogen-bond acceptors (Lipinski definition) is 7. The van der Waals surface area contributed by atoms with Crippen molar-refractivity contribution in [1.82, 2.24) is 0 Å². The average molecular weight is 471 g/mol. The third-order valence-electron chi connectivity index (χ3n) is 5.53. The summed E-state index contributed by atoms with van der Waals surface area (Å²) in [6, 6.07) is 15.6. The van der Waals surface area contributed by atoms with E-state index >= 15 is 0 Å². The lowest BCUT2D eigenvalue weighted by Gasteiger charge is -2.30. The quantitative estimate of drug-likeness (QED) is 0.614. The van der Waals surface area contributed by atoms with E-state index < -0.39 is 0 Å². The van der Waals surface area contributed by atoms with Crippen molar-refractivity contribution in [1.29, 1.82) is 0 Å². The molecule has 176 valence electrons. The Morgan fingerprint density at radius 2 is 1.09 bits per heavy atom. The van der Waals surface area contributed by atoms with Crippen LogP contribution in [0.3, 0.4) is 0 Å². The molecule has 0 radical (unpaired) electrons. The molecule has 2 aliphatic heterocycles. The zero-order chi connectivity index (χ0) is 22.9. The molecule has 0 spiro atoms. The minimum Gasteiger partial charge on any atom is -0.378 e. The first-order valence-electron chi connectivity index (χ1n) is 11.2. The third-order valence-corrected chi connectivity index (χ3v) is 6.46. The number of amides is 2. The lowest BCUT2D eigenvalue weighted by Crippen LogP contribution is -2.36. The van der Waals surface area contributed by atoms with Crippen LogP contribution in [0.2, 0.25) is 0 Å². The van der Waals surface area contributed by atoms with Crippen molar-refractivity contribution in [2.45, 2.75) is 0 Å². The van der Waals surface area contributed by atoms with Crippen LogP contribution in [0.5, 0.6) is 0 Å². The summed E-state index contributed by atoms with van der Waals surface area (Å²) in [5.41, 5.74) is 3.57. The van der Waals surface area contributed by atoms with Gasteiger partial charge < -0.3 is 29.9 Å². The number of hydrogen-bond donors (Lipinski definition) is 2. The molecule has 8 nitrogen and oxygen atoms in total. The molecule has 4 rings (SSSR count). The molecular formula is C24H30N4O4S. The molecule has 2 aromatic rings. The molecule has 0 aromatic heterocycles. The first kappa shape index (κ1) is 23.4. The Balaban J connectivity index is 1.26. The predicted molar refractivity (Wildman–Crippen MR) is 134 cm³/mol.